The third kappa shape index (κ3) is 0.932. The summed E-state index contributed by atoms with van der Waals surface area (Å²) in [5.74, 6) is 0. The maximum Gasteiger partial charge on any atom is 0.144 e. The van der Waals surface area contributed by atoms with Crippen LogP contribution in [0.5, 0.6) is 0 Å². The number of aliphatic imine (C=N–C) groups is 1. The van der Waals surface area contributed by atoms with Gasteiger partial charge in [-0.3, -0.25) is 15.7 Å². The number of anilines is 1. The molecule has 0 saturated carbocycles. The number of fused-ring (bicyclic) bond motifs is 2. The van der Waals surface area contributed by atoms with Crippen LogP contribution in [0.4, 0.5) is 17.1 Å². The minimum absolute atomic E-state index is 0.218. The van der Waals surface area contributed by atoms with Gasteiger partial charge in [0.1, 0.15) is 22.4 Å². The second-order valence-electron chi connectivity index (χ2n) is 3.29. The highest BCUT2D eigenvalue weighted by molar-refractivity contribution is 6.06. The Morgan fingerprint density at radius 2 is 2.25 bits per heavy atom. The van der Waals surface area contributed by atoms with Gasteiger partial charge in [0.25, 0.3) is 0 Å². The number of aromatic nitrogens is 3. The van der Waals surface area contributed by atoms with E-state index >= 15 is 0 Å². The SMILES string of the molecule is O=Nc1c2c(c(NO)c3n[nH]nc13)N=CC2. The van der Waals surface area contributed by atoms with E-state index < -0.39 is 0 Å². The summed E-state index contributed by atoms with van der Waals surface area (Å²) in [4.78, 5) is 14.9. The molecule has 2 heterocycles. The average Bonchev–Trinajstić information content (AvgIpc) is 2.93. The first kappa shape index (κ1) is 8.92. The molecule has 80 valence electrons. The summed E-state index contributed by atoms with van der Waals surface area (Å²) < 4.78 is 0. The van der Waals surface area contributed by atoms with Crippen molar-refractivity contribution >= 4 is 34.3 Å². The number of hydrogen-bond donors (Lipinski definition) is 3. The smallest absolute Gasteiger partial charge is 0.144 e. The summed E-state index contributed by atoms with van der Waals surface area (Å²) in [5.41, 5.74) is 4.38. The van der Waals surface area contributed by atoms with E-state index in [2.05, 4.69) is 25.6 Å². The van der Waals surface area contributed by atoms with Crippen LogP contribution in [-0.4, -0.2) is 26.8 Å². The Labute approximate surface area is 88.3 Å². The Bertz CT molecular complexity index is 617. The molecule has 0 aliphatic carbocycles. The number of rotatable bonds is 2. The summed E-state index contributed by atoms with van der Waals surface area (Å²) in [7, 11) is 0. The van der Waals surface area contributed by atoms with Gasteiger partial charge >= 0.3 is 0 Å². The van der Waals surface area contributed by atoms with E-state index in [1.54, 1.807) is 6.21 Å². The summed E-state index contributed by atoms with van der Waals surface area (Å²) in [6.45, 7) is 0. The lowest BCUT2D eigenvalue weighted by Crippen LogP contribution is -1.93. The minimum atomic E-state index is 0.218. The molecular formula is C8H6N6O2. The molecule has 1 aliphatic rings. The number of nitrogens with one attached hydrogen (secondary N) is 2. The standard InChI is InChI=1S/C8H6N6O2/c15-12-5-3-1-2-9-4(3)8(13-16)7-6(5)10-14-11-7/h2,13,16H,1H2,(H,10,11,14). The molecule has 1 aromatic heterocycles. The van der Waals surface area contributed by atoms with E-state index in [4.69, 9.17) is 5.21 Å². The highest BCUT2D eigenvalue weighted by Gasteiger charge is 2.24. The van der Waals surface area contributed by atoms with Crippen LogP contribution < -0.4 is 5.48 Å². The van der Waals surface area contributed by atoms with E-state index in [1.165, 1.54) is 0 Å². The lowest BCUT2D eigenvalue weighted by atomic mass is 10.1. The van der Waals surface area contributed by atoms with E-state index in [0.717, 1.165) is 0 Å². The molecule has 0 radical (unpaired) electrons. The van der Waals surface area contributed by atoms with Gasteiger partial charge in [0.05, 0.1) is 5.69 Å². The Morgan fingerprint density at radius 1 is 1.44 bits per heavy atom. The molecule has 1 aliphatic heterocycles. The topological polar surface area (TPSA) is 116 Å². The highest BCUT2D eigenvalue weighted by Crippen LogP contribution is 2.44. The molecule has 16 heavy (non-hydrogen) atoms. The van der Waals surface area contributed by atoms with Crippen molar-refractivity contribution in [1.29, 1.82) is 0 Å². The molecule has 8 nitrogen and oxygen atoms in total. The summed E-state index contributed by atoms with van der Waals surface area (Å²) in [5, 5.41) is 22.1. The largest absolute Gasteiger partial charge is 0.291 e. The third-order valence-electron chi connectivity index (χ3n) is 2.54. The predicted molar refractivity (Wildman–Crippen MR) is 56.6 cm³/mol. The lowest BCUT2D eigenvalue weighted by molar-refractivity contribution is 0.390. The molecule has 0 bridgehead atoms. The zero-order chi connectivity index (χ0) is 11.1. The first-order valence-electron chi connectivity index (χ1n) is 4.52. The average molecular weight is 218 g/mol. The van der Waals surface area contributed by atoms with Gasteiger partial charge < -0.3 is 0 Å². The van der Waals surface area contributed by atoms with Crippen molar-refractivity contribution in [1.82, 2.24) is 15.4 Å². The number of aromatic amines is 1. The van der Waals surface area contributed by atoms with Crippen LogP contribution in [0.2, 0.25) is 0 Å². The van der Waals surface area contributed by atoms with Crippen molar-refractivity contribution in [3.05, 3.63) is 10.5 Å². The maximum absolute atomic E-state index is 10.8. The van der Waals surface area contributed by atoms with Gasteiger partial charge in [0.2, 0.25) is 0 Å². The summed E-state index contributed by atoms with van der Waals surface area (Å²) in [6.07, 6.45) is 2.14. The predicted octanol–water partition coefficient (Wildman–Crippen LogP) is 1.42. The van der Waals surface area contributed by atoms with Crippen LogP contribution in [0.25, 0.3) is 11.0 Å². The molecule has 0 fully saturated rings. The molecule has 0 spiro atoms. The molecule has 3 rings (SSSR count). The quantitative estimate of drug-likeness (QED) is 0.520. The van der Waals surface area contributed by atoms with Gasteiger partial charge in [0, 0.05) is 18.2 Å². The second kappa shape index (κ2) is 3.07. The highest BCUT2D eigenvalue weighted by atomic mass is 16.5. The minimum Gasteiger partial charge on any atom is -0.291 e. The first-order chi connectivity index (χ1) is 7.86. The van der Waals surface area contributed by atoms with Gasteiger partial charge in [-0.05, 0) is 5.18 Å². The number of H-pyrrole nitrogens is 1. The van der Waals surface area contributed by atoms with Crippen molar-refractivity contribution in [2.24, 2.45) is 10.2 Å². The fraction of sp³-hybridized carbons (Fsp3) is 0.125. The molecule has 0 unspecified atom stereocenters. The molecule has 0 atom stereocenters. The van der Waals surface area contributed by atoms with E-state index in [1.807, 2.05) is 5.48 Å². The van der Waals surface area contributed by atoms with Crippen LogP contribution >= 0.6 is 0 Å². The normalized spacial score (nSPS) is 13.1. The van der Waals surface area contributed by atoms with Crippen molar-refractivity contribution in [3.8, 4) is 0 Å². The van der Waals surface area contributed by atoms with Gasteiger partial charge in [-0.2, -0.15) is 15.4 Å². The van der Waals surface area contributed by atoms with E-state index in [0.29, 0.717) is 34.4 Å². The van der Waals surface area contributed by atoms with Gasteiger partial charge in [-0.1, -0.05) is 0 Å². The molecule has 0 saturated heterocycles. The zero-order valence-corrected chi connectivity index (χ0v) is 7.93. The maximum atomic E-state index is 10.8. The molecule has 1 aromatic carbocycles. The van der Waals surface area contributed by atoms with Gasteiger partial charge in [-0.25, -0.2) is 0 Å². The Kier molecular flexibility index (Phi) is 1.71. The first-order valence-corrected chi connectivity index (χ1v) is 4.52. The van der Waals surface area contributed by atoms with E-state index in [-0.39, 0.29) is 5.69 Å². The van der Waals surface area contributed by atoms with Crippen LogP contribution in [0, 0.1) is 4.91 Å². The Hall–Kier alpha value is -2.35. The van der Waals surface area contributed by atoms with Gasteiger partial charge in [-0.15, -0.1) is 4.91 Å². The van der Waals surface area contributed by atoms with Crippen LogP contribution in [0.3, 0.4) is 0 Å². The zero-order valence-electron chi connectivity index (χ0n) is 7.93. The number of hydrogen-bond acceptors (Lipinski definition) is 7. The number of nitroso groups, excluding NO2 is 1. The summed E-state index contributed by atoms with van der Waals surface area (Å²) >= 11 is 0. The van der Waals surface area contributed by atoms with Gasteiger partial charge in [0.15, 0.2) is 0 Å². The Balaban J connectivity index is 2.51. The monoisotopic (exact) mass is 218 g/mol. The molecule has 3 N–H and O–H groups in total. The second-order valence-corrected chi connectivity index (χ2v) is 3.29. The van der Waals surface area contributed by atoms with Crippen LogP contribution in [0.1, 0.15) is 5.56 Å². The fourth-order valence-corrected chi connectivity index (χ4v) is 1.86. The fourth-order valence-electron chi connectivity index (χ4n) is 1.86. The number of nitrogens with zero attached hydrogens (tertiary/aromatic N) is 4. The summed E-state index contributed by atoms with van der Waals surface area (Å²) in [6, 6.07) is 0. The molecular weight excluding hydrogens is 212 g/mol. The molecule has 0 amide bonds. The van der Waals surface area contributed by atoms with Crippen molar-refractivity contribution in [2.45, 2.75) is 6.42 Å². The molecule has 8 heteroatoms. The van der Waals surface area contributed by atoms with Crippen LogP contribution in [-0.2, 0) is 6.42 Å². The Morgan fingerprint density at radius 3 is 3.00 bits per heavy atom. The van der Waals surface area contributed by atoms with Crippen LogP contribution in [0.15, 0.2) is 10.2 Å². The van der Waals surface area contributed by atoms with Crippen molar-refractivity contribution in [2.75, 3.05) is 5.48 Å². The number of benzene rings is 1. The third-order valence-corrected chi connectivity index (χ3v) is 2.54. The lowest BCUT2D eigenvalue weighted by Gasteiger charge is -2.06. The van der Waals surface area contributed by atoms with Crippen molar-refractivity contribution < 1.29 is 5.21 Å². The van der Waals surface area contributed by atoms with Crippen molar-refractivity contribution in [3.63, 3.8) is 0 Å². The molecule has 2 aromatic rings. The van der Waals surface area contributed by atoms with E-state index in [9.17, 15) is 4.91 Å².